The van der Waals surface area contributed by atoms with Gasteiger partial charge in [-0.3, -0.25) is 0 Å². The first-order valence-electron chi connectivity index (χ1n) is 6.90. The lowest BCUT2D eigenvalue weighted by Gasteiger charge is -2.33. The van der Waals surface area contributed by atoms with Crippen LogP contribution in [0, 0.1) is 11.8 Å². The maximum absolute atomic E-state index is 4.50. The van der Waals surface area contributed by atoms with E-state index in [0.717, 1.165) is 11.8 Å². The van der Waals surface area contributed by atoms with E-state index in [-0.39, 0.29) is 0 Å². The fraction of sp³-hybridized carbons (Fsp3) is 0.786. The fourth-order valence-electron chi connectivity index (χ4n) is 3.18. The zero-order valence-electron chi connectivity index (χ0n) is 11.3. The molecule has 3 nitrogen and oxygen atoms in total. The molecule has 0 aliphatic heterocycles. The van der Waals surface area contributed by atoms with Crippen LogP contribution in [0.2, 0.25) is 0 Å². The Kier molecular flexibility index (Phi) is 4.21. The highest BCUT2D eigenvalue weighted by Gasteiger charge is 2.28. The van der Waals surface area contributed by atoms with Crippen molar-refractivity contribution in [2.24, 2.45) is 18.9 Å². The monoisotopic (exact) mass is 235 g/mol. The van der Waals surface area contributed by atoms with Crippen LogP contribution in [0.5, 0.6) is 0 Å². The topological polar surface area (TPSA) is 29.9 Å². The van der Waals surface area contributed by atoms with Gasteiger partial charge in [-0.15, -0.1) is 0 Å². The van der Waals surface area contributed by atoms with Gasteiger partial charge in [0.15, 0.2) is 0 Å². The number of hydrogen-bond donors (Lipinski definition) is 1. The lowest BCUT2D eigenvalue weighted by Crippen LogP contribution is -2.30. The summed E-state index contributed by atoms with van der Waals surface area (Å²) >= 11 is 0. The minimum Gasteiger partial charge on any atom is -0.337 e. The van der Waals surface area contributed by atoms with Crippen molar-refractivity contribution >= 4 is 0 Å². The normalized spacial score (nSPS) is 27.0. The number of rotatable bonds is 4. The lowest BCUT2D eigenvalue weighted by atomic mass is 9.77. The largest absolute Gasteiger partial charge is 0.337 e. The van der Waals surface area contributed by atoms with E-state index in [4.69, 9.17) is 0 Å². The van der Waals surface area contributed by atoms with Gasteiger partial charge < -0.3 is 9.88 Å². The predicted molar refractivity (Wildman–Crippen MR) is 70.7 cm³/mol. The molecule has 1 aliphatic carbocycles. The Morgan fingerprint density at radius 3 is 2.59 bits per heavy atom. The molecular formula is C14H25N3. The maximum atomic E-state index is 4.50. The van der Waals surface area contributed by atoms with Gasteiger partial charge in [0.2, 0.25) is 0 Å². The second-order valence-corrected chi connectivity index (χ2v) is 5.35. The molecule has 1 aromatic heterocycles. The molecule has 1 heterocycles. The Morgan fingerprint density at radius 2 is 2.12 bits per heavy atom. The van der Waals surface area contributed by atoms with Crippen molar-refractivity contribution in [3.8, 4) is 0 Å². The van der Waals surface area contributed by atoms with Crippen LogP contribution >= 0.6 is 0 Å². The van der Waals surface area contributed by atoms with Gasteiger partial charge in [0.1, 0.15) is 5.82 Å². The summed E-state index contributed by atoms with van der Waals surface area (Å²) in [5.74, 6) is 2.90. The Bertz CT molecular complexity index is 337. The zero-order valence-corrected chi connectivity index (χ0v) is 11.3. The van der Waals surface area contributed by atoms with E-state index in [1.54, 1.807) is 0 Å². The first-order valence-corrected chi connectivity index (χ1v) is 6.90. The van der Waals surface area contributed by atoms with Gasteiger partial charge in [-0.2, -0.15) is 0 Å². The van der Waals surface area contributed by atoms with Crippen LogP contribution in [0.15, 0.2) is 12.4 Å². The molecule has 2 rings (SSSR count). The zero-order chi connectivity index (χ0) is 12.3. The molecule has 1 N–H and O–H groups in total. The van der Waals surface area contributed by atoms with E-state index in [1.165, 1.54) is 37.9 Å². The number of aryl methyl sites for hydroxylation is 1. The third-order valence-corrected chi connectivity index (χ3v) is 4.39. The van der Waals surface area contributed by atoms with Crippen LogP contribution in [-0.2, 0) is 7.05 Å². The highest BCUT2D eigenvalue weighted by molar-refractivity contribution is 5.01. The summed E-state index contributed by atoms with van der Waals surface area (Å²) in [5, 5.41) is 3.46. The smallest absolute Gasteiger partial charge is 0.125 e. The van der Waals surface area contributed by atoms with E-state index in [1.807, 2.05) is 12.4 Å². The molecule has 3 heteroatoms. The SMILES string of the molecule is CCC1CCC(C(NC)c2nccn2C)CC1. The first kappa shape index (κ1) is 12.6. The van der Waals surface area contributed by atoms with Gasteiger partial charge in [0.25, 0.3) is 0 Å². The fourth-order valence-corrected chi connectivity index (χ4v) is 3.18. The minimum absolute atomic E-state index is 0.424. The van der Waals surface area contributed by atoms with Crippen molar-refractivity contribution in [3.05, 3.63) is 18.2 Å². The number of imidazole rings is 1. The molecule has 1 aromatic rings. The summed E-state index contributed by atoms with van der Waals surface area (Å²) in [6.07, 6.45) is 10.8. The Labute approximate surface area is 105 Å². The van der Waals surface area contributed by atoms with Gasteiger partial charge in [-0.05, 0) is 31.7 Å². The van der Waals surface area contributed by atoms with E-state index in [2.05, 4.69) is 35.9 Å². The summed E-state index contributed by atoms with van der Waals surface area (Å²) in [6.45, 7) is 2.32. The molecule has 1 unspecified atom stereocenters. The predicted octanol–water partition coefficient (Wildman–Crippen LogP) is 2.90. The quantitative estimate of drug-likeness (QED) is 0.869. The van der Waals surface area contributed by atoms with Crippen molar-refractivity contribution < 1.29 is 0 Å². The number of nitrogens with one attached hydrogen (secondary N) is 1. The highest BCUT2D eigenvalue weighted by Crippen LogP contribution is 2.37. The average Bonchev–Trinajstić information content (AvgIpc) is 2.78. The van der Waals surface area contributed by atoms with Gasteiger partial charge in [-0.1, -0.05) is 26.2 Å². The Morgan fingerprint density at radius 1 is 1.41 bits per heavy atom. The molecule has 0 amide bonds. The summed E-state index contributed by atoms with van der Waals surface area (Å²) in [5.41, 5.74) is 0. The molecule has 0 saturated heterocycles. The Hall–Kier alpha value is -0.830. The van der Waals surface area contributed by atoms with E-state index < -0.39 is 0 Å². The molecule has 17 heavy (non-hydrogen) atoms. The molecular weight excluding hydrogens is 210 g/mol. The van der Waals surface area contributed by atoms with Gasteiger partial charge >= 0.3 is 0 Å². The molecule has 0 aromatic carbocycles. The highest BCUT2D eigenvalue weighted by atomic mass is 15.1. The summed E-state index contributed by atoms with van der Waals surface area (Å²) in [4.78, 5) is 4.50. The van der Waals surface area contributed by atoms with Crippen LogP contribution in [-0.4, -0.2) is 16.6 Å². The van der Waals surface area contributed by atoms with E-state index in [9.17, 15) is 0 Å². The van der Waals surface area contributed by atoms with Crippen molar-refractivity contribution in [2.45, 2.75) is 45.1 Å². The van der Waals surface area contributed by atoms with Crippen molar-refractivity contribution in [2.75, 3.05) is 7.05 Å². The standard InChI is InChI=1S/C14H25N3/c1-4-11-5-7-12(8-6-11)13(15-2)14-16-9-10-17(14)3/h9-13,15H,4-8H2,1-3H3. The lowest BCUT2D eigenvalue weighted by molar-refractivity contribution is 0.217. The van der Waals surface area contributed by atoms with Crippen LogP contribution < -0.4 is 5.32 Å². The Balaban J connectivity index is 2.03. The second-order valence-electron chi connectivity index (χ2n) is 5.35. The third kappa shape index (κ3) is 2.71. The molecule has 0 spiro atoms. The molecule has 0 bridgehead atoms. The molecule has 1 fully saturated rings. The van der Waals surface area contributed by atoms with Crippen LogP contribution in [0.4, 0.5) is 0 Å². The van der Waals surface area contributed by atoms with Crippen LogP contribution in [0.3, 0.4) is 0 Å². The summed E-state index contributed by atoms with van der Waals surface area (Å²) in [6, 6.07) is 0.424. The number of hydrogen-bond acceptors (Lipinski definition) is 2. The van der Waals surface area contributed by atoms with Crippen LogP contribution in [0.1, 0.15) is 50.9 Å². The average molecular weight is 235 g/mol. The second kappa shape index (κ2) is 5.67. The van der Waals surface area contributed by atoms with Crippen molar-refractivity contribution in [1.82, 2.24) is 14.9 Å². The molecule has 1 aliphatic rings. The number of aromatic nitrogens is 2. The number of nitrogens with zero attached hydrogens (tertiary/aromatic N) is 2. The first-order chi connectivity index (χ1) is 8.26. The molecule has 1 saturated carbocycles. The van der Waals surface area contributed by atoms with Crippen molar-refractivity contribution in [3.63, 3.8) is 0 Å². The molecule has 96 valence electrons. The van der Waals surface area contributed by atoms with E-state index in [0.29, 0.717) is 6.04 Å². The van der Waals surface area contributed by atoms with Crippen LogP contribution in [0.25, 0.3) is 0 Å². The van der Waals surface area contributed by atoms with Gasteiger partial charge in [0, 0.05) is 19.4 Å². The van der Waals surface area contributed by atoms with Gasteiger partial charge in [0.05, 0.1) is 6.04 Å². The summed E-state index contributed by atoms with van der Waals surface area (Å²) < 4.78 is 2.15. The van der Waals surface area contributed by atoms with E-state index >= 15 is 0 Å². The van der Waals surface area contributed by atoms with Gasteiger partial charge in [-0.25, -0.2) is 4.98 Å². The molecule has 0 radical (unpaired) electrons. The maximum Gasteiger partial charge on any atom is 0.125 e. The minimum atomic E-state index is 0.424. The third-order valence-electron chi connectivity index (χ3n) is 4.39. The summed E-state index contributed by atoms with van der Waals surface area (Å²) in [7, 11) is 4.15. The van der Waals surface area contributed by atoms with Crippen molar-refractivity contribution in [1.29, 1.82) is 0 Å². The molecule has 1 atom stereocenters.